The van der Waals surface area contributed by atoms with Crippen LogP contribution >= 0.6 is 0 Å². The van der Waals surface area contributed by atoms with Crippen molar-refractivity contribution in [3.63, 3.8) is 0 Å². The van der Waals surface area contributed by atoms with Gasteiger partial charge in [-0.3, -0.25) is 0 Å². The molecule has 0 aliphatic heterocycles. The molecule has 0 heterocycles. The Morgan fingerprint density at radius 2 is 2.08 bits per heavy atom. The third-order valence-corrected chi connectivity index (χ3v) is 1.78. The lowest BCUT2D eigenvalue weighted by Gasteiger charge is -2.08. The molecule has 0 amide bonds. The van der Waals surface area contributed by atoms with Gasteiger partial charge in [0.05, 0.1) is 0 Å². The van der Waals surface area contributed by atoms with Crippen LogP contribution in [0.5, 0.6) is 11.5 Å². The Morgan fingerprint density at radius 3 is 2.50 bits per heavy atom. The van der Waals surface area contributed by atoms with Crippen molar-refractivity contribution in [2.75, 3.05) is 0 Å². The normalized spacial score (nSPS) is 10.2. The monoisotopic (exact) mass is 162 g/mol. The highest BCUT2D eigenvalue weighted by Gasteiger charge is 2.03. The highest BCUT2D eigenvalue weighted by Crippen LogP contribution is 2.28. The fourth-order valence-electron chi connectivity index (χ4n) is 0.993. The Bertz CT molecular complexity index is 271. The van der Waals surface area contributed by atoms with Gasteiger partial charge in [0.2, 0.25) is 0 Å². The highest BCUT2D eigenvalue weighted by atomic mass is 16.4. The summed E-state index contributed by atoms with van der Waals surface area (Å²) in [7, 11) is 4.92. The van der Waals surface area contributed by atoms with Crippen LogP contribution in [0.2, 0.25) is 0 Å². The summed E-state index contributed by atoms with van der Waals surface area (Å²) >= 11 is 0. The molecule has 62 valence electrons. The molecule has 1 aromatic rings. The Labute approximate surface area is 73.6 Å². The number of rotatable bonds is 2. The van der Waals surface area contributed by atoms with Gasteiger partial charge < -0.3 is 9.76 Å². The zero-order valence-corrected chi connectivity index (χ0v) is 7.24. The summed E-state index contributed by atoms with van der Waals surface area (Å²) in [6.45, 7) is 4.11. The van der Waals surface area contributed by atoms with E-state index in [0.717, 1.165) is 5.56 Å². The van der Waals surface area contributed by atoms with Crippen LogP contribution in [0, 0.1) is 0 Å². The summed E-state index contributed by atoms with van der Waals surface area (Å²) in [5, 5.41) is 9.34. The van der Waals surface area contributed by atoms with Crippen molar-refractivity contribution in [3.8, 4) is 11.5 Å². The number of phenolic OH excluding ortho intramolecular Hbond substituents is 1. The molecule has 1 rings (SSSR count). The molecule has 0 aliphatic rings. The lowest BCUT2D eigenvalue weighted by Crippen LogP contribution is -1.89. The molecule has 0 unspecified atom stereocenters. The maximum atomic E-state index is 9.34. The summed E-state index contributed by atoms with van der Waals surface area (Å²) in [5.41, 5.74) is 1.06. The molecular formula is C9H11BO2. The van der Waals surface area contributed by atoms with E-state index >= 15 is 0 Å². The molecule has 1 N–H and O–H groups in total. The third kappa shape index (κ3) is 1.73. The van der Waals surface area contributed by atoms with Crippen molar-refractivity contribution in [1.82, 2.24) is 0 Å². The molecule has 1 aromatic carbocycles. The predicted octanol–water partition coefficient (Wildman–Crippen LogP) is 1.98. The maximum Gasteiger partial charge on any atom is 0.374 e. The first-order valence-electron chi connectivity index (χ1n) is 3.84. The quantitative estimate of drug-likeness (QED) is 0.673. The largest absolute Gasteiger partial charge is 0.565 e. The lowest BCUT2D eigenvalue weighted by atomic mass is 10.0. The maximum absolute atomic E-state index is 9.34. The molecule has 0 atom stereocenters. The molecule has 2 radical (unpaired) electrons. The van der Waals surface area contributed by atoms with E-state index in [2.05, 4.69) is 18.5 Å². The number of hydrogen-bond acceptors (Lipinski definition) is 2. The van der Waals surface area contributed by atoms with Gasteiger partial charge in [-0.15, -0.1) is 0 Å². The summed E-state index contributed by atoms with van der Waals surface area (Å²) in [6.07, 6.45) is 0. The molecule has 0 bridgehead atoms. The molecule has 0 aromatic heterocycles. The van der Waals surface area contributed by atoms with Crippen molar-refractivity contribution in [2.45, 2.75) is 19.8 Å². The highest BCUT2D eigenvalue weighted by molar-refractivity contribution is 6.00. The van der Waals surface area contributed by atoms with Gasteiger partial charge in [-0.25, -0.2) is 0 Å². The Balaban J connectivity index is 3.02. The number of benzene rings is 1. The van der Waals surface area contributed by atoms with Gasteiger partial charge in [0.15, 0.2) is 5.75 Å². The second kappa shape index (κ2) is 3.52. The van der Waals surface area contributed by atoms with Gasteiger partial charge in [0.1, 0.15) is 5.75 Å². The summed E-state index contributed by atoms with van der Waals surface area (Å²) in [6, 6.07) is 5.20. The van der Waals surface area contributed by atoms with Gasteiger partial charge in [-0.05, 0) is 23.6 Å². The third-order valence-electron chi connectivity index (χ3n) is 1.78. The molecule has 0 aliphatic carbocycles. The SMILES string of the molecule is [B]Oc1ccc(C(C)C)cc1O. The van der Waals surface area contributed by atoms with Crippen molar-refractivity contribution in [3.05, 3.63) is 23.8 Å². The van der Waals surface area contributed by atoms with Gasteiger partial charge in [-0.2, -0.15) is 0 Å². The zero-order chi connectivity index (χ0) is 9.14. The minimum atomic E-state index is 0.0868. The van der Waals surface area contributed by atoms with E-state index in [1.165, 1.54) is 0 Å². The van der Waals surface area contributed by atoms with E-state index in [-0.39, 0.29) is 5.75 Å². The summed E-state index contributed by atoms with van der Waals surface area (Å²) < 4.78 is 4.43. The van der Waals surface area contributed by atoms with E-state index < -0.39 is 0 Å². The van der Waals surface area contributed by atoms with Crippen molar-refractivity contribution in [2.24, 2.45) is 0 Å². The van der Waals surface area contributed by atoms with Crippen LogP contribution in [0.4, 0.5) is 0 Å². The van der Waals surface area contributed by atoms with E-state index in [4.69, 9.17) is 8.05 Å². The number of hydrogen-bond donors (Lipinski definition) is 1. The second-order valence-electron chi connectivity index (χ2n) is 3.00. The molecule has 0 saturated carbocycles. The summed E-state index contributed by atoms with van der Waals surface area (Å²) in [4.78, 5) is 0. The fourth-order valence-corrected chi connectivity index (χ4v) is 0.993. The minimum Gasteiger partial charge on any atom is -0.565 e. The molecule has 0 fully saturated rings. The smallest absolute Gasteiger partial charge is 0.374 e. The van der Waals surface area contributed by atoms with E-state index in [9.17, 15) is 5.11 Å². The van der Waals surface area contributed by atoms with Crippen LogP contribution in [-0.4, -0.2) is 13.2 Å². The van der Waals surface area contributed by atoms with Gasteiger partial charge in [0.25, 0.3) is 0 Å². The van der Waals surface area contributed by atoms with Crippen LogP contribution in [0.3, 0.4) is 0 Å². The number of phenols is 1. The predicted molar refractivity (Wildman–Crippen MR) is 48.6 cm³/mol. The number of aromatic hydroxyl groups is 1. The van der Waals surface area contributed by atoms with E-state index in [1.54, 1.807) is 12.1 Å². The topological polar surface area (TPSA) is 29.5 Å². The van der Waals surface area contributed by atoms with Crippen LogP contribution in [0.1, 0.15) is 25.3 Å². The molecule has 3 heteroatoms. The zero-order valence-electron chi connectivity index (χ0n) is 7.24. The second-order valence-corrected chi connectivity index (χ2v) is 3.00. The Hall–Kier alpha value is -1.12. The average molecular weight is 162 g/mol. The van der Waals surface area contributed by atoms with Crippen LogP contribution in [0.15, 0.2) is 18.2 Å². The molecular weight excluding hydrogens is 151 g/mol. The molecule has 0 saturated heterocycles. The van der Waals surface area contributed by atoms with Crippen LogP contribution in [0.25, 0.3) is 0 Å². The van der Waals surface area contributed by atoms with Crippen molar-refractivity contribution in [1.29, 1.82) is 0 Å². The van der Waals surface area contributed by atoms with Crippen LogP contribution < -0.4 is 4.65 Å². The Morgan fingerprint density at radius 1 is 1.42 bits per heavy atom. The molecule has 0 spiro atoms. The lowest BCUT2D eigenvalue weighted by molar-refractivity contribution is 0.445. The van der Waals surface area contributed by atoms with E-state index in [1.807, 2.05) is 6.07 Å². The first-order valence-corrected chi connectivity index (χ1v) is 3.84. The fraction of sp³-hybridized carbons (Fsp3) is 0.333. The molecule has 2 nitrogen and oxygen atoms in total. The average Bonchev–Trinajstić information content (AvgIpc) is 2.04. The van der Waals surface area contributed by atoms with Gasteiger partial charge >= 0.3 is 8.05 Å². The minimum absolute atomic E-state index is 0.0868. The van der Waals surface area contributed by atoms with Gasteiger partial charge in [0, 0.05) is 0 Å². The molecule has 12 heavy (non-hydrogen) atoms. The van der Waals surface area contributed by atoms with Crippen LogP contribution in [-0.2, 0) is 0 Å². The van der Waals surface area contributed by atoms with Gasteiger partial charge in [-0.1, -0.05) is 19.9 Å². The summed E-state index contributed by atoms with van der Waals surface area (Å²) in [5.74, 6) is 0.783. The first-order chi connectivity index (χ1) is 5.65. The first kappa shape index (κ1) is 8.98. The van der Waals surface area contributed by atoms with Crippen molar-refractivity contribution >= 4 is 8.05 Å². The Kier molecular flexibility index (Phi) is 2.63. The standard InChI is InChI=1S/C9H11BO2/c1-6(2)7-3-4-9(12-10)8(11)5-7/h3-6,11H,1-2H3. The van der Waals surface area contributed by atoms with E-state index in [0.29, 0.717) is 11.7 Å². The van der Waals surface area contributed by atoms with Crippen molar-refractivity contribution < 1.29 is 9.76 Å².